The zero-order valence-electron chi connectivity index (χ0n) is 14.6. The third kappa shape index (κ3) is 3.86. The lowest BCUT2D eigenvalue weighted by molar-refractivity contribution is 0.146. The van der Waals surface area contributed by atoms with E-state index in [-0.39, 0.29) is 10.9 Å². The molecule has 6 heteroatoms. The van der Waals surface area contributed by atoms with Gasteiger partial charge in [0.2, 0.25) is 10.0 Å². The van der Waals surface area contributed by atoms with Crippen molar-refractivity contribution in [2.75, 3.05) is 33.3 Å². The number of piperazine rings is 1. The monoisotopic (exact) mass is 360 g/mol. The molecule has 5 nitrogen and oxygen atoms in total. The van der Waals surface area contributed by atoms with E-state index >= 15 is 0 Å². The van der Waals surface area contributed by atoms with Crippen LogP contribution in [0.15, 0.2) is 59.5 Å². The fourth-order valence-electron chi connectivity index (χ4n) is 3.18. The molecule has 2 aromatic rings. The van der Waals surface area contributed by atoms with Gasteiger partial charge in [0.25, 0.3) is 0 Å². The fourth-order valence-corrected chi connectivity index (χ4v) is 4.64. The summed E-state index contributed by atoms with van der Waals surface area (Å²) in [6.45, 7) is 4.60. The van der Waals surface area contributed by atoms with E-state index in [1.807, 2.05) is 18.2 Å². The summed E-state index contributed by atoms with van der Waals surface area (Å²) < 4.78 is 32.4. The third-order valence-electron chi connectivity index (χ3n) is 4.78. The van der Waals surface area contributed by atoms with Gasteiger partial charge >= 0.3 is 0 Å². The Morgan fingerprint density at radius 3 is 2.28 bits per heavy atom. The molecule has 0 aromatic heterocycles. The quantitative estimate of drug-likeness (QED) is 0.823. The molecule has 1 saturated heterocycles. The number of rotatable bonds is 5. The summed E-state index contributed by atoms with van der Waals surface area (Å²) in [5.41, 5.74) is 1.26. The molecule has 2 aromatic carbocycles. The normalized spacial score (nSPS) is 18.0. The maximum Gasteiger partial charge on any atom is 0.243 e. The number of methoxy groups -OCH3 is 1. The second kappa shape index (κ2) is 7.56. The molecule has 0 spiro atoms. The van der Waals surface area contributed by atoms with Crippen LogP contribution in [-0.2, 0) is 10.0 Å². The summed E-state index contributed by atoms with van der Waals surface area (Å²) >= 11 is 0. The molecule has 1 heterocycles. The predicted molar refractivity (Wildman–Crippen MR) is 98.2 cm³/mol. The second-order valence-electron chi connectivity index (χ2n) is 6.21. The van der Waals surface area contributed by atoms with Gasteiger partial charge in [-0.25, -0.2) is 8.42 Å². The summed E-state index contributed by atoms with van der Waals surface area (Å²) in [4.78, 5) is 2.61. The van der Waals surface area contributed by atoms with Crippen molar-refractivity contribution in [1.82, 2.24) is 9.21 Å². The van der Waals surface area contributed by atoms with E-state index in [0.717, 1.165) is 13.1 Å². The van der Waals surface area contributed by atoms with Crippen molar-refractivity contribution in [2.24, 2.45) is 0 Å². The molecule has 0 aliphatic carbocycles. The molecule has 0 unspecified atom stereocenters. The lowest BCUT2D eigenvalue weighted by Crippen LogP contribution is -2.49. The molecule has 3 rings (SSSR count). The first-order valence-electron chi connectivity index (χ1n) is 8.45. The van der Waals surface area contributed by atoms with Gasteiger partial charge in [-0.2, -0.15) is 4.31 Å². The first-order valence-corrected chi connectivity index (χ1v) is 9.89. The van der Waals surface area contributed by atoms with Crippen molar-refractivity contribution in [3.63, 3.8) is 0 Å². The van der Waals surface area contributed by atoms with Crippen molar-refractivity contribution in [2.45, 2.75) is 17.9 Å². The van der Waals surface area contributed by atoms with Crippen LogP contribution >= 0.6 is 0 Å². The predicted octanol–water partition coefficient (Wildman–Crippen LogP) is 2.76. The van der Waals surface area contributed by atoms with Gasteiger partial charge < -0.3 is 4.74 Å². The van der Waals surface area contributed by atoms with E-state index in [2.05, 4.69) is 24.0 Å². The summed E-state index contributed by atoms with van der Waals surface area (Å²) in [6.07, 6.45) is 0. The van der Waals surface area contributed by atoms with Gasteiger partial charge in [-0.3, -0.25) is 4.90 Å². The second-order valence-corrected chi connectivity index (χ2v) is 8.14. The van der Waals surface area contributed by atoms with Crippen molar-refractivity contribution >= 4 is 10.0 Å². The average molecular weight is 360 g/mol. The zero-order valence-corrected chi connectivity index (χ0v) is 15.4. The van der Waals surface area contributed by atoms with E-state index < -0.39 is 10.0 Å². The minimum absolute atomic E-state index is 0.280. The van der Waals surface area contributed by atoms with Gasteiger partial charge in [-0.15, -0.1) is 0 Å². The average Bonchev–Trinajstić information content (AvgIpc) is 2.68. The van der Waals surface area contributed by atoms with Crippen LogP contribution in [-0.4, -0.2) is 50.9 Å². The molecule has 0 radical (unpaired) electrons. The Morgan fingerprint density at radius 1 is 0.960 bits per heavy atom. The van der Waals surface area contributed by atoms with E-state index in [0.29, 0.717) is 18.8 Å². The number of sulfonamides is 1. The van der Waals surface area contributed by atoms with Crippen LogP contribution in [0.25, 0.3) is 0 Å². The highest BCUT2D eigenvalue weighted by molar-refractivity contribution is 7.89. The van der Waals surface area contributed by atoms with Gasteiger partial charge in [0.15, 0.2) is 0 Å². The molecule has 0 bridgehead atoms. The molecule has 0 N–H and O–H groups in total. The van der Waals surface area contributed by atoms with Crippen LogP contribution in [0.4, 0.5) is 0 Å². The van der Waals surface area contributed by atoms with Crippen LogP contribution in [0.1, 0.15) is 18.5 Å². The molecule has 1 atom stereocenters. The molecular weight excluding hydrogens is 336 g/mol. The maximum atomic E-state index is 12.9. The lowest BCUT2D eigenvalue weighted by atomic mass is 10.1. The molecule has 25 heavy (non-hydrogen) atoms. The minimum Gasteiger partial charge on any atom is -0.497 e. The minimum atomic E-state index is -3.48. The van der Waals surface area contributed by atoms with Gasteiger partial charge in [0, 0.05) is 38.3 Å². The highest BCUT2D eigenvalue weighted by Gasteiger charge is 2.30. The third-order valence-corrected chi connectivity index (χ3v) is 6.68. The van der Waals surface area contributed by atoms with Gasteiger partial charge in [-0.05, 0) is 24.6 Å². The Bertz CT molecular complexity index is 800. The summed E-state index contributed by atoms with van der Waals surface area (Å²) in [5, 5.41) is 0. The topological polar surface area (TPSA) is 49.9 Å². The van der Waals surface area contributed by atoms with Crippen molar-refractivity contribution in [3.05, 3.63) is 60.2 Å². The van der Waals surface area contributed by atoms with Gasteiger partial charge in [-0.1, -0.05) is 36.4 Å². The molecule has 0 amide bonds. The first-order chi connectivity index (χ1) is 12.0. The smallest absolute Gasteiger partial charge is 0.243 e. The van der Waals surface area contributed by atoms with Gasteiger partial charge in [0.05, 0.1) is 12.0 Å². The molecule has 134 valence electrons. The zero-order chi connectivity index (χ0) is 17.9. The summed E-state index contributed by atoms with van der Waals surface area (Å²) in [7, 11) is -1.94. The van der Waals surface area contributed by atoms with E-state index in [4.69, 9.17) is 4.74 Å². The Kier molecular flexibility index (Phi) is 5.42. The maximum absolute atomic E-state index is 12.9. The number of nitrogens with zero attached hydrogens (tertiary/aromatic N) is 2. The highest BCUT2D eigenvalue weighted by atomic mass is 32.2. The number of hydrogen-bond acceptors (Lipinski definition) is 4. The van der Waals surface area contributed by atoms with Crippen LogP contribution in [0.3, 0.4) is 0 Å². The van der Waals surface area contributed by atoms with Crippen molar-refractivity contribution < 1.29 is 13.2 Å². The summed E-state index contributed by atoms with van der Waals surface area (Å²) in [5.74, 6) is 0.553. The molecule has 1 aliphatic heterocycles. The van der Waals surface area contributed by atoms with E-state index in [1.54, 1.807) is 28.6 Å². The largest absolute Gasteiger partial charge is 0.497 e. The molecule has 0 saturated carbocycles. The Hall–Kier alpha value is -1.89. The lowest BCUT2D eigenvalue weighted by Gasteiger charge is -2.37. The number of ether oxygens (including phenoxy) is 1. The Labute approximate surface area is 149 Å². The summed E-state index contributed by atoms with van der Waals surface area (Å²) in [6, 6.07) is 17.2. The van der Waals surface area contributed by atoms with Crippen molar-refractivity contribution in [1.29, 1.82) is 0 Å². The standard InChI is InChI=1S/C19H24N2O3S/c1-16(17-7-4-3-5-8-17)20-11-13-21(14-12-20)25(22,23)19-10-6-9-18(15-19)24-2/h3-10,15-16H,11-14H2,1-2H3/t16-/m1/s1. The molecule has 1 aliphatic rings. The molecular formula is C19H24N2O3S. The number of hydrogen-bond donors (Lipinski definition) is 0. The van der Waals surface area contributed by atoms with Gasteiger partial charge in [0.1, 0.15) is 5.75 Å². The van der Waals surface area contributed by atoms with E-state index in [9.17, 15) is 8.42 Å². The first kappa shape index (κ1) is 17.9. The van der Waals surface area contributed by atoms with Crippen LogP contribution in [0, 0.1) is 0 Å². The van der Waals surface area contributed by atoms with Crippen molar-refractivity contribution in [3.8, 4) is 5.75 Å². The Morgan fingerprint density at radius 2 is 1.64 bits per heavy atom. The fraction of sp³-hybridized carbons (Fsp3) is 0.368. The molecule has 1 fully saturated rings. The van der Waals surface area contributed by atoms with Crippen LogP contribution in [0.5, 0.6) is 5.75 Å². The highest BCUT2D eigenvalue weighted by Crippen LogP contribution is 2.25. The number of benzene rings is 2. The SMILES string of the molecule is COc1cccc(S(=O)(=O)N2CCN([C@H](C)c3ccccc3)CC2)c1. The van der Waals surface area contributed by atoms with Crippen LogP contribution < -0.4 is 4.74 Å². The Balaban J connectivity index is 1.69. The van der Waals surface area contributed by atoms with Crippen LogP contribution in [0.2, 0.25) is 0 Å². The van der Waals surface area contributed by atoms with E-state index in [1.165, 1.54) is 12.7 Å².